The molecular formula is C16H18N2S. The second-order valence-electron chi connectivity index (χ2n) is 4.69. The van der Waals surface area contributed by atoms with E-state index in [1.807, 2.05) is 0 Å². The van der Waals surface area contributed by atoms with Crippen LogP contribution in [0.1, 0.15) is 11.1 Å². The van der Waals surface area contributed by atoms with Crippen molar-refractivity contribution in [3.05, 3.63) is 53.6 Å². The Morgan fingerprint density at radius 2 is 1.89 bits per heavy atom. The molecule has 0 fully saturated rings. The number of hydrogen-bond acceptors (Lipinski definition) is 3. The highest BCUT2D eigenvalue weighted by Crippen LogP contribution is 2.38. The number of fused-ring (bicyclic) bond motifs is 1. The standard InChI is InChI=1S/C16H18N2S/c1-19-16-8-4-7-15(13(16)11-17)18-10-9-12-5-2-3-6-14(12)18/h2-8H,9-11,17H2,1H3. The minimum absolute atomic E-state index is 0.588. The van der Waals surface area contributed by atoms with Crippen molar-refractivity contribution in [1.29, 1.82) is 0 Å². The van der Waals surface area contributed by atoms with Crippen LogP contribution in [0.3, 0.4) is 0 Å². The van der Waals surface area contributed by atoms with Gasteiger partial charge >= 0.3 is 0 Å². The highest BCUT2D eigenvalue weighted by molar-refractivity contribution is 7.98. The summed E-state index contributed by atoms with van der Waals surface area (Å²) in [7, 11) is 0. The summed E-state index contributed by atoms with van der Waals surface area (Å²) in [6.45, 7) is 1.63. The molecule has 0 saturated heterocycles. The minimum Gasteiger partial charge on any atom is -0.341 e. The van der Waals surface area contributed by atoms with E-state index in [9.17, 15) is 0 Å². The predicted octanol–water partition coefficient (Wildman–Crippen LogP) is 3.56. The molecule has 0 aromatic heterocycles. The van der Waals surface area contributed by atoms with Gasteiger partial charge in [0.1, 0.15) is 0 Å². The summed E-state index contributed by atoms with van der Waals surface area (Å²) in [4.78, 5) is 3.68. The Morgan fingerprint density at radius 1 is 1.11 bits per heavy atom. The van der Waals surface area contributed by atoms with E-state index in [1.54, 1.807) is 11.8 Å². The molecule has 1 aliphatic heterocycles. The normalized spacial score (nSPS) is 13.7. The highest BCUT2D eigenvalue weighted by Gasteiger charge is 2.22. The molecule has 98 valence electrons. The van der Waals surface area contributed by atoms with Gasteiger partial charge in [-0.3, -0.25) is 0 Å². The van der Waals surface area contributed by atoms with E-state index in [0.717, 1.165) is 13.0 Å². The monoisotopic (exact) mass is 270 g/mol. The second kappa shape index (κ2) is 5.27. The fraction of sp³-hybridized carbons (Fsp3) is 0.250. The van der Waals surface area contributed by atoms with E-state index in [1.165, 1.54) is 27.4 Å². The number of hydrogen-bond donors (Lipinski definition) is 1. The van der Waals surface area contributed by atoms with Crippen LogP contribution in [0.15, 0.2) is 47.4 Å². The van der Waals surface area contributed by atoms with Crippen molar-refractivity contribution in [2.24, 2.45) is 5.73 Å². The molecule has 1 heterocycles. The summed E-state index contributed by atoms with van der Waals surface area (Å²) in [6, 6.07) is 15.1. The first kappa shape index (κ1) is 12.6. The molecule has 0 amide bonds. The molecule has 2 aromatic rings. The lowest BCUT2D eigenvalue weighted by molar-refractivity contribution is 0.955. The Balaban J connectivity index is 2.09. The molecule has 2 nitrogen and oxygen atoms in total. The van der Waals surface area contributed by atoms with Crippen LogP contribution in [0, 0.1) is 0 Å². The number of nitrogens with zero attached hydrogens (tertiary/aromatic N) is 1. The third-order valence-electron chi connectivity index (χ3n) is 3.71. The first-order valence-electron chi connectivity index (χ1n) is 6.56. The highest BCUT2D eigenvalue weighted by atomic mass is 32.2. The molecule has 3 rings (SSSR count). The van der Waals surface area contributed by atoms with E-state index in [4.69, 9.17) is 5.73 Å². The fourth-order valence-electron chi connectivity index (χ4n) is 2.79. The van der Waals surface area contributed by atoms with Crippen LogP contribution < -0.4 is 10.6 Å². The maximum Gasteiger partial charge on any atom is 0.0467 e. The van der Waals surface area contributed by atoms with E-state index >= 15 is 0 Å². The molecule has 0 saturated carbocycles. The molecule has 0 spiro atoms. The zero-order valence-electron chi connectivity index (χ0n) is 11.1. The smallest absolute Gasteiger partial charge is 0.0467 e. The van der Waals surface area contributed by atoms with Crippen LogP contribution in [0.4, 0.5) is 11.4 Å². The number of thioether (sulfide) groups is 1. The van der Waals surface area contributed by atoms with E-state index in [2.05, 4.69) is 53.6 Å². The zero-order valence-corrected chi connectivity index (χ0v) is 11.9. The molecule has 0 aliphatic carbocycles. The van der Waals surface area contributed by atoms with Gasteiger partial charge in [0.05, 0.1) is 0 Å². The molecule has 1 aliphatic rings. The van der Waals surface area contributed by atoms with Crippen LogP contribution in [0.2, 0.25) is 0 Å². The van der Waals surface area contributed by atoms with Crippen LogP contribution in [-0.2, 0) is 13.0 Å². The zero-order chi connectivity index (χ0) is 13.2. The lowest BCUT2D eigenvalue weighted by atomic mass is 10.1. The number of benzene rings is 2. The maximum absolute atomic E-state index is 5.97. The van der Waals surface area contributed by atoms with E-state index in [-0.39, 0.29) is 0 Å². The van der Waals surface area contributed by atoms with Gasteiger partial charge in [-0.1, -0.05) is 24.3 Å². The molecule has 2 N–H and O–H groups in total. The summed E-state index contributed by atoms with van der Waals surface area (Å²) in [5.41, 5.74) is 11.3. The fourth-order valence-corrected chi connectivity index (χ4v) is 3.44. The van der Waals surface area contributed by atoms with Crippen molar-refractivity contribution >= 4 is 23.1 Å². The van der Waals surface area contributed by atoms with Crippen molar-refractivity contribution in [2.45, 2.75) is 17.9 Å². The van der Waals surface area contributed by atoms with Gasteiger partial charge in [0, 0.05) is 34.9 Å². The Bertz CT molecular complexity index is 595. The molecule has 0 radical (unpaired) electrons. The average molecular weight is 270 g/mol. The third-order valence-corrected chi connectivity index (χ3v) is 4.53. The van der Waals surface area contributed by atoms with Gasteiger partial charge in [-0.2, -0.15) is 0 Å². The molecule has 0 bridgehead atoms. The number of anilines is 2. The van der Waals surface area contributed by atoms with E-state index < -0.39 is 0 Å². The largest absolute Gasteiger partial charge is 0.341 e. The quantitative estimate of drug-likeness (QED) is 0.865. The molecule has 0 unspecified atom stereocenters. The summed E-state index contributed by atoms with van der Waals surface area (Å²) >= 11 is 1.77. The molecule has 19 heavy (non-hydrogen) atoms. The van der Waals surface area contributed by atoms with Gasteiger partial charge in [0.2, 0.25) is 0 Å². The molecule has 3 heteroatoms. The van der Waals surface area contributed by atoms with Gasteiger partial charge in [0.25, 0.3) is 0 Å². The Morgan fingerprint density at radius 3 is 2.68 bits per heavy atom. The van der Waals surface area contributed by atoms with Crippen molar-refractivity contribution in [3.63, 3.8) is 0 Å². The van der Waals surface area contributed by atoms with Gasteiger partial charge in [-0.05, 0) is 36.4 Å². The summed E-state index contributed by atoms with van der Waals surface area (Å²) in [6.07, 6.45) is 3.22. The lowest BCUT2D eigenvalue weighted by Gasteiger charge is -2.23. The number of para-hydroxylation sites is 1. The minimum atomic E-state index is 0.588. The van der Waals surface area contributed by atoms with Gasteiger partial charge in [0.15, 0.2) is 0 Å². The summed E-state index contributed by atoms with van der Waals surface area (Å²) in [5, 5.41) is 0. The van der Waals surface area contributed by atoms with Crippen LogP contribution in [0.25, 0.3) is 0 Å². The molecular weight excluding hydrogens is 252 g/mol. The van der Waals surface area contributed by atoms with Gasteiger partial charge in [-0.25, -0.2) is 0 Å². The first-order chi connectivity index (χ1) is 9.35. The topological polar surface area (TPSA) is 29.3 Å². The van der Waals surface area contributed by atoms with Crippen molar-refractivity contribution in [2.75, 3.05) is 17.7 Å². The van der Waals surface area contributed by atoms with Crippen molar-refractivity contribution in [3.8, 4) is 0 Å². The predicted molar refractivity (Wildman–Crippen MR) is 83.3 cm³/mol. The average Bonchev–Trinajstić information content (AvgIpc) is 2.90. The lowest BCUT2D eigenvalue weighted by Crippen LogP contribution is -2.16. The van der Waals surface area contributed by atoms with Crippen molar-refractivity contribution < 1.29 is 0 Å². The summed E-state index contributed by atoms with van der Waals surface area (Å²) < 4.78 is 0. The first-order valence-corrected chi connectivity index (χ1v) is 7.79. The van der Waals surface area contributed by atoms with Crippen LogP contribution in [0.5, 0.6) is 0 Å². The van der Waals surface area contributed by atoms with E-state index in [0.29, 0.717) is 6.54 Å². The van der Waals surface area contributed by atoms with Crippen molar-refractivity contribution in [1.82, 2.24) is 0 Å². The van der Waals surface area contributed by atoms with Crippen LogP contribution >= 0.6 is 11.8 Å². The van der Waals surface area contributed by atoms with Crippen LogP contribution in [-0.4, -0.2) is 12.8 Å². The second-order valence-corrected chi connectivity index (χ2v) is 5.54. The molecule has 0 atom stereocenters. The Hall–Kier alpha value is -1.45. The number of rotatable bonds is 3. The maximum atomic E-state index is 5.97. The Kier molecular flexibility index (Phi) is 3.49. The summed E-state index contributed by atoms with van der Waals surface area (Å²) in [5.74, 6) is 0. The third kappa shape index (κ3) is 2.13. The van der Waals surface area contributed by atoms with Gasteiger partial charge < -0.3 is 10.6 Å². The van der Waals surface area contributed by atoms with Gasteiger partial charge in [-0.15, -0.1) is 11.8 Å². The molecule has 2 aromatic carbocycles. The Labute approximate surface area is 118 Å². The number of nitrogens with two attached hydrogens (primary N) is 1. The SMILES string of the molecule is CSc1cccc(N2CCc3ccccc32)c1CN.